The molecule has 0 bridgehead atoms. The van der Waals surface area contributed by atoms with Crippen molar-refractivity contribution >= 4 is 44.6 Å². The molecule has 0 unspecified atom stereocenters. The molecule has 1 saturated heterocycles. The molecule has 12 heteroatoms. The lowest BCUT2D eigenvalue weighted by Crippen LogP contribution is -2.36. The Morgan fingerprint density at radius 1 is 1.15 bits per heavy atom. The molecule has 1 fully saturated rings. The van der Waals surface area contributed by atoms with Crippen LogP contribution in [-0.2, 0) is 14.8 Å². The predicted molar refractivity (Wildman–Crippen MR) is 129 cm³/mol. The number of amides is 1. The number of carbonyl (C=O) groups excluding carboxylic acids is 1. The van der Waals surface area contributed by atoms with Crippen LogP contribution < -0.4 is 14.9 Å². The summed E-state index contributed by atoms with van der Waals surface area (Å²) < 4.78 is 47.1. The van der Waals surface area contributed by atoms with Crippen LogP contribution in [0.15, 0.2) is 42.7 Å². The summed E-state index contributed by atoms with van der Waals surface area (Å²) in [7, 11) is -3.52. The van der Waals surface area contributed by atoms with Gasteiger partial charge in [0.1, 0.15) is 0 Å². The zero-order chi connectivity index (χ0) is 24.5. The lowest BCUT2D eigenvalue weighted by Gasteiger charge is -2.28. The number of nitrogens with one attached hydrogen (secondary N) is 2. The van der Waals surface area contributed by atoms with E-state index in [-0.39, 0.29) is 22.1 Å². The van der Waals surface area contributed by atoms with Gasteiger partial charge in [-0.3, -0.25) is 9.52 Å². The van der Waals surface area contributed by atoms with Crippen LogP contribution in [0.1, 0.15) is 16.1 Å². The standard InChI is InChI=1S/C22H23ClFN5O4S/c1-14-7-15(22(30)26-17-8-16(23)9-18(10-17)27-34(2,31)32)13-29(14)21-20(24)11-19(12-25-21)28-3-5-33-6-4-28/h7-13,27H,3-6H2,1-2H3,(H,26,30). The van der Waals surface area contributed by atoms with E-state index in [0.29, 0.717) is 43.4 Å². The lowest BCUT2D eigenvalue weighted by molar-refractivity contribution is 0.102. The number of hydrogen-bond donors (Lipinski definition) is 2. The fourth-order valence-corrected chi connectivity index (χ4v) is 4.44. The molecule has 34 heavy (non-hydrogen) atoms. The molecule has 3 aromatic rings. The SMILES string of the molecule is Cc1cc(C(=O)Nc2cc(Cl)cc(NS(C)(=O)=O)c2)cn1-c1ncc(N2CCOCC2)cc1F. The summed E-state index contributed by atoms with van der Waals surface area (Å²) in [5.74, 6) is -0.906. The van der Waals surface area contributed by atoms with Gasteiger partial charge in [-0.1, -0.05) is 11.6 Å². The summed E-state index contributed by atoms with van der Waals surface area (Å²) in [6, 6.07) is 7.39. The van der Waals surface area contributed by atoms with Crippen LogP contribution in [-0.4, -0.2) is 56.4 Å². The van der Waals surface area contributed by atoms with Gasteiger partial charge in [0.25, 0.3) is 5.91 Å². The number of nitrogens with zero attached hydrogens (tertiary/aromatic N) is 3. The maximum absolute atomic E-state index is 14.9. The molecule has 180 valence electrons. The number of sulfonamides is 1. The van der Waals surface area contributed by atoms with Crippen molar-refractivity contribution < 1.29 is 22.3 Å². The maximum atomic E-state index is 14.9. The zero-order valence-corrected chi connectivity index (χ0v) is 20.1. The van der Waals surface area contributed by atoms with Gasteiger partial charge in [-0.05, 0) is 31.2 Å². The molecule has 1 aliphatic rings. The number of anilines is 3. The molecule has 0 radical (unpaired) electrons. The number of ether oxygens (including phenoxy) is 1. The molecule has 1 aliphatic heterocycles. The first-order valence-corrected chi connectivity index (χ1v) is 12.6. The topological polar surface area (TPSA) is 106 Å². The first-order valence-electron chi connectivity index (χ1n) is 10.4. The third kappa shape index (κ3) is 5.66. The predicted octanol–water partition coefficient (Wildman–Crippen LogP) is 3.43. The second-order valence-electron chi connectivity index (χ2n) is 7.90. The Morgan fingerprint density at radius 3 is 2.53 bits per heavy atom. The second-order valence-corrected chi connectivity index (χ2v) is 10.1. The quantitative estimate of drug-likeness (QED) is 0.529. The van der Waals surface area contributed by atoms with Gasteiger partial charge in [0, 0.05) is 41.8 Å². The minimum Gasteiger partial charge on any atom is -0.378 e. The molecule has 0 atom stereocenters. The molecule has 3 heterocycles. The average molecular weight is 508 g/mol. The normalized spacial score (nSPS) is 14.2. The van der Waals surface area contributed by atoms with E-state index in [1.807, 2.05) is 4.90 Å². The average Bonchev–Trinajstić information content (AvgIpc) is 3.14. The lowest BCUT2D eigenvalue weighted by atomic mass is 10.2. The van der Waals surface area contributed by atoms with Crippen LogP contribution in [0.25, 0.3) is 5.82 Å². The molecular weight excluding hydrogens is 485 g/mol. The molecule has 4 rings (SSSR count). The summed E-state index contributed by atoms with van der Waals surface area (Å²) in [6.45, 7) is 4.23. The van der Waals surface area contributed by atoms with E-state index < -0.39 is 21.7 Å². The zero-order valence-electron chi connectivity index (χ0n) is 18.5. The summed E-state index contributed by atoms with van der Waals surface area (Å²) in [4.78, 5) is 19.1. The number of rotatable bonds is 6. The molecule has 2 N–H and O–H groups in total. The number of pyridine rings is 1. The third-order valence-corrected chi connectivity index (χ3v) is 5.97. The highest BCUT2D eigenvalue weighted by Crippen LogP contribution is 2.25. The van der Waals surface area contributed by atoms with Crippen molar-refractivity contribution in [1.29, 1.82) is 0 Å². The molecule has 1 amide bonds. The van der Waals surface area contributed by atoms with Gasteiger partial charge in [-0.25, -0.2) is 17.8 Å². The number of aromatic nitrogens is 2. The number of carbonyl (C=O) groups is 1. The van der Waals surface area contributed by atoms with Gasteiger partial charge in [-0.15, -0.1) is 0 Å². The minimum absolute atomic E-state index is 0.0796. The monoisotopic (exact) mass is 507 g/mol. The Labute approximate surface area is 201 Å². The first-order chi connectivity index (χ1) is 16.1. The van der Waals surface area contributed by atoms with Crippen molar-refractivity contribution in [3.05, 3.63) is 64.8 Å². The van der Waals surface area contributed by atoms with E-state index in [4.69, 9.17) is 16.3 Å². The van der Waals surface area contributed by atoms with E-state index in [1.54, 1.807) is 19.2 Å². The molecule has 1 aromatic carbocycles. The van der Waals surface area contributed by atoms with Gasteiger partial charge >= 0.3 is 0 Å². The van der Waals surface area contributed by atoms with Crippen LogP contribution >= 0.6 is 11.6 Å². The highest BCUT2D eigenvalue weighted by molar-refractivity contribution is 7.92. The van der Waals surface area contributed by atoms with Gasteiger partial charge in [-0.2, -0.15) is 0 Å². The number of hydrogen-bond acceptors (Lipinski definition) is 6. The summed E-state index contributed by atoms with van der Waals surface area (Å²) in [5, 5.41) is 2.92. The Balaban J connectivity index is 1.55. The summed E-state index contributed by atoms with van der Waals surface area (Å²) in [5.41, 5.74) is 2.07. The molecule has 0 spiro atoms. The largest absolute Gasteiger partial charge is 0.378 e. The Bertz CT molecular complexity index is 1340. The van der Waals surface area contributed by atoms with Crippen molar-refractivity contribution in [2.24, 2.45) is 0 Å². The first kappa shape index (κ1) is 24.0. The molecule has 2 aromatic heterocycles. The van der Waals surface area contributed by atoms with Crippen molar-refractivity contribution in [1.82, 2.24) is 9.55 Å². The van der Waals surface area contributed by atoms with E-state index in [1.165, 1.54) is 35.0 Å². The van der Waals surface area contributed by atoms with E-state index >= 15 is 0 Å². The molecule has 9 nitrogen and oxygen atoms in total. The highest BCUT2D eigenvalue weighted by atomic mass is 35.5. The van der Waals surface area contributed by atoms with E-state index in [9.17, 15) is 17.6 Å². The highest BCUT2D eigenvalue weighted by Gasteiger charge is 2.18. The van der Waals surface area contributed by atoms with E-state index in [2.05, 4.69) is 15.0 Å². The van der Waals surface area contributed by atoms with Gasteiger partial charge in [0.15, 0.2) is 11.6 Å². The van der Waals surface area contributed by atoms with Crippen molar-refractivity contribution in [3.63, 3.8) is 0 Å². The summed E-state index contributed by atoms with van der Waals surface area (Å²) >= 11 is 6.05. The van der Waals surface area contributed by atoms with Crippen LogP contribution in [0, 0.1) is 12.7 Å². The number of benzene rings is 1. The van der Waals surface area contributed by atoms with E-state index in [0.717, 1.165) is 6.26 Å². The number of aryl methyl sites for hydroxylation is 1. The van der Waals surface area contributed by atoms with Crippen molar-refractivity contribution in [2.75, 3.05) is 47.5 Å². The molecular formula is C22H23ClFN5O4S. The Morgan fingerprint density at radius 2 is 1.85 bits per heavy atom. The molecule has 0 aliphatic carbocycles. The maximum Gasteiger partial charge on any atom is 0.257 e. The molecule has 0 saturated carbocycles. The third-order valence-electron chi connectivity index (χ3n) is 5.15. The number of halogens is 2. The van der Waals surface area contributed by atoms with Crippen molar-refractivity contribution in [2.45, 2.75) is 6.92 Å². The van der Waals surface area contributed by atoms with Gasteiger partial charge < -0.3 is 19.5 Å². The van der Waals surface area contributed by atoms with Gasteiger partial charge in [0.05, 0.1) is 42.6 Å². The van der Waals surface area contributed by atoms with Crippen LogP contribution in [0.3, 0.4) is 0 Å². The Hall–Kier alpha value is -3.15. The fraction of sp³-hybridized carbons (Fsp3) is 0.273. The smallest absolute Gasteiger partial charge is 0.257 e. The second kappa shape index (κ2) is 9.61. The van der Waals surface area contributed by atoms with Crippen LogP contribution in [0.2, 0.25) is 5.02 Å². The fourth-order valence-electron chi connectivity index (χ4n) is 3.66. The Kier molecular flexibility index (Phi) is 6.78. The minimum atomic E-state index is -3.52. The van der Waals surface area contributed by atoms with Crippen molar-refractivity contribution in [3.8, 4) is 5.82 Å². The van der Waals surface area contributed by atoms with Crippen LogP contribution in [0.5, 0.6) is 0 Å². The summed E-state index contributed by atoms with van der Waals surface area (Å²) in [6.07, 6.45) is 4.11. The van der Waals surface area contributed by atoms with Crippen LogP contribution in [0.4, 0.5) is 21.5 Å². The van der Waals surface area contributed by atoms with Gasteiger partial charge in [0.2, 0.25) is 10.0 Å². The number of morpholine rings is 1.